The van der Waals surface area contributed by atoms with Gasteiger partial charge in [-0.15, -0.1) is 0 Å². The van der Waals surface area contributed by atoms with Crippen molar-refractivity contribution in [3.8, 4) is 0 Å². The summed E-state index contributed by atoms with van der Waals surface area (Å²) in [7, 11) is -5.06. The predicted molar refractivity (Wildman–Crippen MR) is 216 cm³/mol. The second kappa shape index (κ2) is 34.6. The summed E-state index contributed by atoms with van der Waals surface area (Å²) < 4.78 is 58.9. The van der Waals surface area contributed by atoms with Gasteiger partial charge in [0, 0.05) is 13.0 Å². The Morgan fingerprint density at radius 1 is 0.673 bits per heavy atom. The Labute approximate surface area is 333 Å². The van der Waals surface area contributed by atoms with Gasteiger partial charge in [0.1, 0.15) is 30.5 Å². The van der Waals surface area contributed by atoms with E-state index in [1.165, 1.54) is 83.5 Å². The zero-order chi connectivity index (χ0) is 40.4. The SMILES string of the molecule is CCCCC/C=C\CCCCCCCCOCC(COC1OC(CO)C(O)C(OS(=O)(=O)O)C1O)OC(=O)CCCCCCC/C=C\CCCCCCCC. The van der Waals surface area contributed by atoms with Gasteiger partial charge in [-0.1, -0.05) is 128 Å². The Morgan fingerprint density at radius 3 is 1.67 bits per heavy atom. The first-order valence-electron chi connectivity index (χ1n) is 21.6. The number of allylic oxidation sites excluding steroid dienone is 4. The van der Waals surface area contributed by atoms with Crippen molar-refractivity contribution in [2.75, 3.05) is 26.4 Å². The molecular formula is C42H78O12S. The number of unbranched alkanes of at least 4 members (excludes halogenated alkanes) is 20. The van der Waals surface area contributed by atoms with Gasteiger partial charge >= 0.3 is 16.4 Å². The lowest BCUT2D eigenvalue weighted by Gasteiger charge is -2.41. The molecule has 1 rings (SSSR count). The molecule has 6 unspecified atom stereocenters. The molecule has 1 saturated heterocycles. The maximum atomic E-state index is 12.8. The predicted octanol–water partition coefficient (Wildman–Crippen LogP) is 8.46. The van der Waals surface area contributed by atoms with Crippen LogP contribution in [0.2, 0.25) is 0 Å². The summed E-state index contributed by atoms with van der Waals surface area (Å²) in [5.41, 5.74) is 0. The van der Waals surface area contributed by atoms with Crippen molar-refractivity contribution in [1.82, 2.24) is 0 Å². The Morgan fingerprint density at radius 2 is 1.15 bits per heavy atom. The Kier molecular flexibility index (Phi) is 32.5. The molecule has 0 bridgehead atoms. The topological polar surface area (TPSA) is 178 Å². The van der Waals surface area contributed by atoms with E-state index >= 15 is 0 Å². The summed E-state index contributed by atoms with van der Waals surface area (Å²) in [5, 5.41) is 30.6. The number of aliphatic hydroxyl groups is 3. The molecular weight excluding hydrogens is 729 g/mol. The fourth-order valence-corrected chi connectivity index (χ4v) is 6.99. The van der Waals surface area contributed by atoms with Crippen LogP contribution in [0.15, 0.2) is 24.3 Å². The second-order valence-electron chi connectivity index (χ2n) is 14.9. The summed E-state index contributed by atoms with van der Waals surface area (Å²) in [6, 6.07) is 0. The van der Waals surface area contributed by atoms with E-state index in [1.54, 1.807) is 0 Å². The maximum Gasteiger partial charge on any atom is 0.397 e. The standard InChI is InChI=1S/C42H78O12S/c1-3-5-7-9-11-13-15-17-18-19-21-23-25-27-29-31-38(44)52-36(34-50-32-30-28-26-24-22-20-16-14-12-10-8-6-4-2)35-51-42-40(46)41(54-55(47,48)49)39(45)37(33-43)53-42/h12,14,17-18,36-37,39-43,45-46H,3-11,13,15-16,19-35H2,1-2H3,(H,47,48,49)/b14-12-,18-17-. The minimum atomic E-state index is -5.06. The van der Waals surface area contributed by atoms with Crippen LogP contribution in [0.1, 0.15) is 174 Å². The number of ether oxygens (including phenoxy) is 4. The van der Waals surface area contributed by atoms with E-state index in [4.69, 9.17) is 23.5 Å². The second-order valence-corrected chi connectivity index (χ2v) is 16.0. The fourth-order valence-electron chi connectivity index (χ4n) is 6.48. The lowest BCUT2D eigenvalue weighted by atomic mass is 9.99. The number of carbonyl (C=O) groups is 1. The lowest BCUT2D eigenvalue weighted by molar-refractivity contribution is -0.301. The van der Waals surface area contributed by atoms with Gasteiger partial charge in [0.25, 0.3) is 0 Å². The van der Waals surface area contributed by atoms with Gasteiger partial charge < -0.3 is 34.3 Å². The highest BCUT2D eigenvalue weighted by molar-refractivity contribution is 7.80. The third-order valence-corrected chi connectivity index (χ3v) is 10.3. The summed E-state index contributed by atoms with van der Waals surface area (Å²) in [6.07, 6.45) is 27.8. The highest BCUT2D eigenvalue weighted by Crippen LogP contribution is 2.26. The molecule has 0 aliphatic carbocycles. The van der Waals surface area contributed by atoms with Crippen molar-refractivity contribution in [2.24, 2.45) is 0 Å². The van der Waals surface area contributed by atoms with Gasteiger partial charge in [-0.05, 0) is 64.2 Å². The van der Waals surface area contributed by atoms with Crippen molar-refractivity contribution in [3.05, 3.63) is 24.3 Å². The van der Waals surface area contributed by atoms with Gasteiger partial charge in [-0.3, -0.25) is 9.35 Å². The van der Waals surface area contributed by atoms with Gasteiger partial charge in [0.05, 0.1) is 19.8 Å². The molecule has 13 heteroatoms. The lowest BCUT2D eigenvalue weighted by Crippen LogP contribution is -2.60. The third-order valence-electron chi connectivity index (χ3n) is 9.80. The molecule has 12 nitrogen and oxygen atoms in total. The molecule has 0 aromatic rings. The normalized spacial score (nSPS) is 21.2. The molecule has 1 aliphatic rings. The number of hydrogen-bond donors (Lipinski definition) is 4. The quantitative estimate of drug-likeness (QED) is 0.0204. The molecule has 6 atom stereocenters. The van der Waals surface area contributed by atoms with Gasteiger partial charge in [-0.2, -0.15) is 8.42 Å². The zero-order valence-electron chi connectivity index (χ0n) is 34.2. The summed E-state index contributed by atoms with van der Waals surface area (Å²) in [4.78, 5) is 12.8. The molecule has 0 saturated carbocycles. The molecule has 324 valence electrons. The minimum absolute atomic E-state index is 0.0303. The molecule has 1 aliphatic heterocycles. The molecule has 0 aromatic carbocycles. The van der Waals surface area contributed by atoms with Crippen molar-refractivity contribution in [2.45, 2.75) is 211 Å². The molecule has 1 fully saturated rings. The molecule has 4 N–H and O–H groups in total. The number of hydrogen-bond acceptors (Lipinski definition) is 11. The molecule has 0 amide bonds. The average Bonchev–Trinajstić information content (AvgIpc) is 3.15. The van der Waals surface area contributed by atoms with E-state index in [0.717, 1.165) is 64.2 Å². The van der Waals surface area contributed by atoms with Gasteiger partial charge in [0.15, 0.2) is 6.29 Å². The average molecular weight is 807 g/mol. The Hall–Kier alpha value is -1.42. The van der Waals surface area contributed by atoms with Crippen LogP contribution in [-0.2, 0) is 38.3 Å². The van der Waals surface area contributed by atoms with Crippen molar-refractivity contribution in [3.63, 3.8) is 0 Å². The van der Waals surface area contributed by atoms with E-state index in [0.29, 0.717) is 13.0 Å². The first kappa shape index (κ1) is 51.6. The van der Waals surface area contributed by atoms with Crippen LogP contribution in [0.5, 0.6) is 0 Å². The van der Waals surface area contributed by atoms with Crippen LogP contribution < -0.4 is 0 Å². The smallest absolute Gasteiger partial charge is 0.397 e. The molecule has 0 radical (unpaired) electrons. The van der Waals surface area contributed by atoms with Crippen LogP contribution in [0.25, 0.3) is 0 Å². The van der Waals surface area contributed by atoms with Gasteiger partial charge in [0.2, 0.25) is 0 Å². The van der Waals surface area contributed by atoms with E-state index in [1.807, 2.05) is 0 Å². The van der Waals surface area contributed by atoms with E-state index < -0.39 is 59.8 Å². The van der Waals surface area contributed by atoms with Crippen LogP contribution in [0.3, 0.4) is 0 Å². The Bertz CT molecular complexity index is 1070. The summed E-state index contributed by atoms with van der Waals surface area (Å²) in [5.74, 6) is -0.410. The number of aliphatic hydroxyl groups excluding tert-OH is 3. The third kappa shape index (κ3) is 28.6. The summed E-state index contributed by atoms with van der Waals surface area (Å²) >= 11 is 0. The minimum Gasteiger partial charge on any atom is -0.457 e. The molecule has 55 heavy (non-hydrogen) atoms. The monoisotopic (exact) mass is 807 g/mol. The zero-order valence-corrected chi connectivity index (χ0v) is 35.1. The van der Waals surface area contributed by atoms with Crippen LogP contribution >= 0.6 is 0 Å². The Balaban J connectivity index is 2.47. The van der Waals surface area contributed by atoms with Gasteiger partial charge in [-0.25, -0.2) is 4.18 Å². The highest BCUT2D eigenvalue weighted by Gasteiger charge is 2.48. The fraction of sp³-hybridized carbons (Fsp3) is 0.881. The van der Waals surface area contributed by atoms with Crippen molar-refractivity contribution < 1.29 is 56.2 Å². The van der Waals surface area contributed by atoms with E-state index in [-0.39, 0.29) is 19.6 Å². The van der Waals surface area contributed by atoms with E-state index in [2.05, 4.69) is 42.3 Å². The molecule has 1 heterocycles. The number of rotatable bonds is 37. The van der Waals surface area contributed by atoms with Crippen LogP contribution in [0.4, 0.5) is 0 Å². The van der Waals surface area contributed by atoms with Crippen LogP contribution in [0, 0.1) is 0 Å². The first-order chi connectivity index (χ1) is 26.6. The summed E-state index contributed by atoms with van der Waals surface area (Å²) in [6.45, 7) is 3.93. The van der Waals surface area contributed by atoms with Crippen molar-refractivity contribution in [1.29, 1.82) is 0 Å². The largest absolute Gasteiger partial charge is 0.457 e. The number of carbonyl (C=O) groups excluding carboxylic acids is 1. The first-order valence-corrected chi connectivity index (χ1v) is 23.0. The van der Waals surface area contributed by atoms with E-state index in [9.17, 15) is 28.5 Å². The maximum absolute atomic E-state index is 12.8. The highest BCUT2D eigenvalue weighted by atomic mass is 32.3. The van der Waals surface area contributed by atoms with Crippen LogP contribution in [-0.4, -0.2) is 97.5 Å². The molecule has 0 aromatic heterocycles. The molecule has 0 spiro atoms. The number of esters is 1. The van der Waals surface area contributed by atoms with Crippen molar-refractivity contribution >= 4 is 16.4 Å².